The second-order valence-electron chi connectivity index (χ2n) is 5.03. The third-order valence-corrected chi connectivity index (χ3v) is 3.14. The molecule has 0 radical (unpaired) electrons. The van der Waals surface area contributed by atoms with Gasteiger partial charge in [-0.15, -0.1) is 0 Å². The van der Waals surface area contributed by atoms with E-state index in [4.69, 9.17) is 4.74 Å². The van der Waals surface area contributed by atoms with E-state index in [1.54, 1.807) is 13.0 Å². The number of aryl methyl sites for hydroxylation is 1. The molecule has 1 fully saturated rings. The Hall–Kier alpha value is -0.930. The molecule has 0 N–H and O–H groups in total. The number of nitrogens with zero attached hydrogens (tertiary/aromatic N) is 1. The predicted molar refractivity (Wildman–Crippen MR) is 66.4 cm³/mol. The first-order chi connectivity index (χ1) is 8.04. The van der Waals surface area contributed by atoms with Crippen LogP contribution in [-0.4, -0.2) is 30.2 Å². The summed E-state index contributed by atoms with van der Waals surface area (Å²) in [6.07, 6.45) is 0.517. The Morgan fingerprint density at radius 3 is 2.53 bits per heavy atom. The SMILES string of the molecule is Cc1ccc(CN2CC(C)OC(C)C2)cc1F. The minimum atomic E-state index is -0.114. The number of morpholine rings is 1. The highest BCUT2D eigenvalue weighted by Gasteiger charge is 2.22. The number of rotatable bonds is 2. The van der Waals surface area contributed by atoms with Crippen molar-refractivity contribution in [2.75, 3.05) is 13.1 Å². The molecule has 0 saturated carbocycles. The Balaban J connectivity index is 2.02. The van der Waals surface area contributed by atoms with Crippen molar-refractivity contribution in [2.24, 2.45) is 0 Å². The van der Waals surface area contributed by atoms with Gasteiger partial charge in [-0.25, -0.2) is 4.39 Å². The summed E-state index contributed by atoms with van der Waals surface area (Å²) in [5, 5.41) is 0. The molecule has 0 aromatic heterocycles. The van der Waals surface area contributed by atoms with Crippen LogP contribution in [-0.2, 0) is 11.3 Å². The van der Waals surface area contributed by atoms with Gasteiger partial charge in [-0.3, -0.25) is 4.90 Å². The molecule has 0 aliphatic carbocycles. The molecule has 1 aliphatic heterocycles. The van der Waals surface area contributed by atoms with Crippen LogP contribution in [0.4, 0.5) is 4.39 Å². The number of halogens is 1. The van der Waals surface area contributed by atoms with Crippen LogP contribution >= 0.6 is 0 Å². The topological polar surface area (TPSA) is 12.5 Å². The van der Waals surface area contributed by atoms with Crippen LogP contribution in [0.2, 0.25) is 0 Å². The Kier molecular flexibility index (Phi) is 3.79. The molecule has 2 rings (SSSR count). The van der Waals surface area contributed by atoms with Crippen LogP contribution in [0.3, 0.4) is 0 Å². The highest BCUT2D eigenvalue weighted by atomic mass is 19.1. The molecule has 0 spiro atoms. The Morgan fingerprint density at radius 2 is 1.94 bits per heavy atom. The zero-order valence-electron chi connectivity index (χ0n) is 10.7. The van der Waals surface area contributed by atoms with E-state index in [1.807, 2.05) is 12.1 Å². The zero-order chi connectivity index (χ0) is 12.4. The zero-order valence-corrected chi connectivity index (χ0v) is 10.7. The molecule has 17 heavy (non-hydrogen) atoms. The standard InChI is InChI=1S/C14H20FNO/c1-10-4-5-13(6-14(10)15)9-16-7-11(2)17-12(3)8-16/h4-6,11-12H,7-9H2,1-3H3. The lowest BCUT2D eigenvalue weighted by atomic mass is 10.1. The Bertz CT molecular complexity index is 384. The van der Waals surface area contributed by atoms with Gasteiger partial charge in [-0.2, -0.15) is 0 Å². The van der Waals surface area contributed by atoms with Crippen molar-refractivity contribution in [3.63, 3.8) is 0 Å². The van der Waals surface area contributed by atoms with Gasteiger partial charge >= 0.3 is 0 Å². The van der Waals surface area contributed by atoms with E-state index in [-0.39, 0.29) is 18.0 Å². The molecule has 2 nitrogen and oxygen atoms in total. The lowest BCUT2D eigenvalue weighted by molar-refractivity contribution is -0.0705. The molecule has 1 saturated heterocycles. The van der Waals surface area contributed by atoms with Crippen molar-refractivity contribution >= 4 is 0 Å². The second-order valence-corrected chi connectivity index (χ2v) is 5.03. The summed E-state index contributed by atoms with van der Waals surface area (Å²) in [6, 6.07) is 5.49. The van der Waals surface area contributed by atoms with E-state index in [0.717, 1.165) is 25.2 Å². The molecule has 1 aromatic carbocycles. The summed E-state index contributed by atoms with van der Waals surface area (Å²) in [6.45, 7) is 8.59. The summed E-state index contributed by atoms with van der Waals surface area (Å²) < 4.78 is 19.1. The first-order valence-corrected chi connectivity index (χ1v) is 6.17. The van der Waals surface area contributed by atoms with Gasteiger partial charge in [0, 0.05) is 19.6 Å². The maximum absolute atomic E-state index is 13.4. The molecular formula is C14H20FNO. The molecular weight excluding hydrogens is 217 g/mol. The van der Waals surface area contributed by atoms with Crippen LogP contribution in [0.25, 0.3) is 0 Å². The van der Waals surface area contributed by atoms with Gasteiger partial charge in [-0.05, 0) is 38.0 Å². The number of benzene rings is 1. The van der Waals surface area contributed by atoms with Crippen LogP contribution in [0.15, 0.2) is 18.2 Å². The van der Waals surface area contributed by atoms with Crippen LogP contribution < -0.4 is 0 Å². The van der Waals surface area contributed by atoms with Crippen molar-refractivity contribution in [2.45, 2.75) is 39.5 Å². The molecule has 1 aromatic rings. The molecule has 0 amide bonds. The lowest BCUT2D eigenvalue weighted by Gasteiger charge is -2.35. The van der Waals surface area contributed by atoms with Crippen molar-refractivity contribution in [1.29, 1.82) is 0 Å². The minimum Gasteiger partial charge on any atom is -0.373 e. The van der Waals surface area contributed by atoms with E-state index in [1.165, 1.54) is 0 Å². The molecule has 2 atom stereocenters. The average Bonchev–Trinajstić information content (AvgIpc) is 2.22. The smallest absolute Gasteiger partial charge is 0.126 e. The average molecular weight is 237 g/mol. The molecule has 2 unspecified atom stereocenters. The molecule has 1 heterocycles. The highest BCUT2D eigenvalue weighted by molar-refractivity contribution is 5.23. The van der Waals surface area contributed by atoms with Gasteiger partial charge in [0.1, 0.15) is 5.82 Å². The van der Waals surface area contributed by atoms with Gasteiger partial charge in [0.05, 0.1) is 12.2 Å². The summed E-state index contributed by atoms with van der Waals surface area (Å²) in [7, 11) is 0. The maximum atomic E-state index is 13.4. The van der Waals surface area contributed by atoms with Gasteiger partial charge < -0.3 is 4.74 Å². The first kappa shape index (κ1) is 12.5. The fourth-order valence-corrected chi connectivity index (χ4v) is 2.41. The third-order valence-electron chi connectivity index (χ3n) is 3.14. The highest BCUT2D eigenvalue weighted by Crippen LogP contribution is 2.16. The van der Waals surface area contributed by atoms with Crippen LogP contribution in [0.5, 0.6) is 0 Å². The predicted octanol–water partition coefficient (Wildman–Crippen LogP) is 2.74. The van der Waals surface area contributed by atoms with E-state index < -0.39 is 0 Å². The third kappa shape index (κ3) is 3.27. The molecule has 1 aliphatic rings. The van der Waals surface area contributed by atoms with E-state index in [2.05, 4.69) is 18.7 Å². The van der Waals surface area contributed by atoms with Crippen LogP contribution in [0, 0.1) is 12.7 Å². The quantitative estimate of drug-likeness (QED) is 0.784. The minimum absolute atomic E-state index is 0.114. The van der Waals surface area contributed by atoms with Gasteiger partial charge in [-0.1, -0.05) is 12.1 Å². The summed E-state index contributed by atoms with van der Waals surface area (Å²) in [5.41, 5.74) is 1.74. The largest absolute Gasteiger partial charge is 0.373 e. The fraction of sp³-hybridized carbons (Fsp3) is 0.571. The van der Waals surface area contributed by atoms with Crippen molar-refractivity contribution in [3.05, 3.63) is 35.1 Å². The lowest BCUT2D eigenvalue weighted by Crippen LogP contribution is -2.44. The summed E-state index contributed by atoms with van der Waals surface area (Å²) in [4.78, 5) is 2.32. The number of hydrogen-bond acceptors (Lipinski definition) is 2. The van der Waals surface area contributed by atoms with Gasteiger partial charge in [0.25, 0.3) is 0 Å². The van der Waals surface area contributed by atoms with Crippen molar-refractivity contribution < 1.29 is 9.13 Å². The number of ether oxygens (including phenoxy) is 1. The van der Waals surface area contributed by atoms with Crippen molar-refractivity contribution in [1.82, 2.24) is 4.90 Å². The van der Waals surface area contributed by atoms with Crippen LogP contribution in [0.1, 0.15) is 25.0 Å². The maximum Gasteiger partial charge on any atom is 0.126 e. The normalized spacial score (nSPS) is 26.1. The Morgan fingerprint density at radius 1 is 1.29 bits per heavy atom. The van der Waals surface area contributed by atoms with E-state index >= 15 is 0 Å². The first-order valence-electron chi connectivity index (χ1n) is 6.17. The monoisotopic (exact) mass is 237 g/mol. The molecule has 0 bridgehead atoms. The van der Waals surface area contributed by atoms with Crippen molar-refractivity contribution in [3.8, 4) is 0 Å². The van der Waals surface area contributed by atoms with Gasteiger partial charge in [0.2, 0.25) is 0 Å². The molecule has 94 valence electrons. The van der Waals surface area contributed by atoms with E-state index in [9.17, 15) is 4.39 Å². The summed E-state index contributed by atoms with van der Waals surface area (Å²) in [5.74, 6) is -0.114. The number of hydrogen-bond donors (Lipinski definition) is 0. The Labute approximate surface area is 102 Å². The van der Waals surface area contributed by atoms with E-state index in [0.29, 0.717) is 5.56 Å². The second kappa shape index (κ2) is 5.15. The fourth-order valence-electron chi connectivity index (χ4n) is 2.41. The summed E-state index contributed by atoms with van der Waals surface area (Å²) >= 11 is 0. The molecule has 3 heteroatoms. The van der Waals surface area contributed by atoms with Gasteiger partial charge in [0.15, 0.2) is 0 Å².